The molecular formula is C19H16F2N2O4. The SMILES string of the molecule is O=C(Nc1ccc(CN2C(=O)CCC2=O)cc1)c1ccccc1OC(F)F. The molecule has 2 aromatic carbocycles. The largest absolute Gasteiger partial charge is 0.434 e. The molecule has 0 radical (unpaired) electrons. The third kappa shape index (κ3) is 4.46. The highest BCUT2D eigenvalue weighted by Crippen LogP contribution is 2.22. The third-order valence-corrected chi connectivity index (χ3v) is 4.06. The number of rotatable bonds is 6. The molecule has 0 aliphatic carbocycles. The van der Waals surface area contributed by atoms with Crippen molar-refractivity contribution in [2.75, 3.05) is 5.32 Å². The van der Waals surface area contributed by atoms with Gasteiger partial charge in [-0.1, -0.05) is 24.3 Å². The number of carbonyl (C=O) groups excluding carboxylic acids is 3. The summed E-state index contributed by atoms with van der Waals surface area (Å²) in [6.07, 6.45) is 0.458. The molecule has 3 amide bonds. The van der Waals surface area contributed by atoms with E-state index < -0.39 is 12.5 Å². The summed E-state index contributed by atoms with van der Waals surface area (Å²) in [5.41, 5.74) is 1.16. The first kappa shape index (κ1) is 18.5. The van der Waals surface area contributed by atoms with Gasteiger partial charge < -0.3 is 10.1 Å². The second kappa shape index (κ2) is 7.94. The number of amides is 3. The van der Waals surface area contributed by atoms with Crippen LogP contribution in [0.1, 0.15) is 28.8 Å². The first-order valence-corrected chi connectivity index (χ1v) is 8.21. The van der Waals surface area contributed by atoms with E-state index in [0.29, 0.717) is 5.69 Å². The van der Waals surface area contributed by atoms with E-state index in [2.05, 4.69) is 10.1 Å². The smallest absolute Gasteiger partial charge is 0.387 e. The molecule has 0 spiro atoms. The summed E-state index contributed by atoms with van der Waals surface area (Å²) in [5.74, 6) is -1.21. The van der Waals surface area contributed by atoms with Gasteiger partial charge in [0, 0.05) is 18.5 Å². The molecule has 0 bridgehead atoms. The molecule has 0 saturated carbocycles. The van der Waals surface area contributed by atoms with E-state index in [1.54, 1.807) is 30.3 Å². The normalized spacial score (nSPS) is 14.0. The zero-order valence-corrected chi connectivity index (χ0v) is 14.2. The number of anilines is 1. The first-order chi connectivity index (χ1) is 12.9. The number of benzene rings is 2. The minimum Gasteiger partial charge on any atom is -0.434 e. The number of carbonyl (C=O) groups is 3. The van der Waals surface area contributed by atoms with Crippen molar-refractivity contribution in [1.29, 1.82) is 0 Å². The minimum atomic E-state index is -3.03. The van der Waals surface area contributed by atoms with E-state index in [0.717, 1.165) is 5.56 Å². The van der Waals surface area contributed by atoms with Crippen molar-refractivity contribution in [1.82, 2.24) is 4.90 Å². The van der Waals surface area contributed by atoms with Crippen LogP contribution in [-0.4, -0.2) is 29.2 Å². The average molecular weight is 374 g/mol. The molecule has 1 aliphatic rings. The number of hydrogen-bond donors (Lipinski definition) is 1. The number of alkyl halides is 2. The van der Waals surface area contributed by atoms with Crippen molar-refractivity contribution in [3.8, 4) is 5.75 Å². The lowest BCUT2D eigenvalue weighted by Gasteiger charge is -2.14. The van der Waals surface area contributed by atoms with Crippen LogP contribution in [0.15, 0.2) is 48.5 Å². The van der Waals surface area contributed by atoms with Crippen LogP contribution in [0.4, 0.5) is 14.5 Å². The Morgan fingerprint density at radius 2 is 1.67 bits per heavy atom. The van der Waals surface area contributed by atoms with E-state index >= 15 is 0 Å². The summed E-state index contributed by atoms with van der Waals surface area (Å²) in [7, 11) is 0. The van der Waals surface area contributed by atoms with Crippen molar-refractivity contribution < 1.29 is 27.9 Å². The lowest BCUT2D eigenvalue weighted by atomic mass is 10.1. The Morgan fingerprint density at radius 3 is 2.30 bits per heavy atom. The van der Waals surface area contributed by atoms with Gasteiger partial charge in [0.1, 0.15) is 5.75 Å². The summed E-state index contributed by atoms with van der Waals surface area (Å²) < 4.78 is 29.3. The number of imide groups is 1. The number of likely N-dealkylation sites (tertiary alicyclic amines) is 1. The molecule has 1 fully saturated rings. The first-order valence-electron chi connectivity index (χ1n) is 8.21. The molecular weight excluding hydrogens is 358 g/mol. The quantitative estimate of drug-likeness (QED) is 0.788. The van der Waals surface area contributed by atoms with Gasteiger partial charge >= 0.3 is 6.61 Å². The second-order valence-electron chi connectivity index (χ2n) is 5.90. The number of para-hydroxylation sites is 1. The molecule has 140 valence electrons. The van der Waals surface area contributed by atoms with Gasteiger partial charge in [-0.25, -0.2) is 0 Å². The van der Waals surface area contributed by atoms with Crippen LogP contribution in [0.25, 0.3) is 0 Å². The molecule has 8 heteroatoms. The summed E-state index contributed by atoms with van der Waals surface area (Å²) in [4.78, 5) is 36.8. The van der Waals surface area contributed by atoms with Crippen LogP contribution < -0.4 is 10.1 Å². The van der Waals surface area contributed by atoms with Gasteiger partial charge in [0.05, 0.1) is 12.1 Å². The Labute approximate surface area is 153 Å². The molecule has 0 aromatic heterocycles. The number of nitrogens with one attached hydrogen (secondary N) is 1. The number of ether oxygens (including phenoxy) is 1. The lowest BCUT2D eigenvalue weighted by Crippen LogP contribution is -2.28. The number of halogens is 2. The van der Waals surface area contributed by atoms with Crippen LogP contribution in [0.5, 0.6) is 5.75 Å². The predicted molar refractivity (Wildman–Crippen MR) is 92.3 cm³/mol. The van der Waals surface area contributed by atoms with E-state index in [-0.39, 0.29) is 42.5 Å². The highest BCUT2D eigenvalue weighted by atomic mass is 19.3. The van der Waals surface area contributed by atoms with E-state index in [1.807, 2.05) is 0 Å². The molecule has 1 heterocycles. The Hall–Kier alpha value is -3.29. The molecule has 1 aliphatic heterocycles. The van der Waals surface area contributed by atoms with Crippen LogP contribution in [0.2, 0.25) is 0 Å². The fourth-order valence-corrected chi connectivity index (χ4v) is 2.73. The van der Waals surface area contributed by atoms with Gasteiger partial charge in [-0.15, -0.1) is 0 Å². The summed E-state index contributed by atoms with van der Waals surface area (Å²) >= 11 is 0. The van der Waals surface area contributed by atoms with Gasteiger partial charge in [0.2, 0.25) is 11.8 Å². The van der Waals surface area contributed by atoms with Crippen molar-refractivity contribution in [3.05, 3.63) is 59.7 Å². The molecule has 6 nitrogen and oxygen atoms in total. The van der Waals surface area contributed by atoms with Crippen molar-refractivity contribution >= 4 is 23.4 Å². The van der Waals surface area contributed by atoms with Gasteiger partial charge in [-0.2, -0.15) is 8.78 Å². The van der Waals surface area contributed by atoms with Crippen molar-refractivity contribution in [3.63, 3.8) is 0 Å². The highest BCUT2D eigenvalue weighted by Gasteiger charge is 2.28. The van der Waals surface area contributed by atoms with Crippen LogP contribution >= 0.6 is 0 Å². The van der Waals surface area contributed by atoms with Gasteiger partial charge in [-0.3, -0.25) is 19.3 Å². The Kier molecular flexibility index (Phi) is 5.44. The van der Waals surface area contributed by atoms with Gasteiger partial charge in [0.15, 0.2) is 0 Å². The van der Waals surface area contributed by atoms with Crippen LogP contribution in [0.3, 0.4) is 0 Å². The molecule has 3 rings (SSSR count). The van der Waals surface area contributed by atoms with E-state index in [9.17, 15) is 23.2 Å². The zero-order valence-electron chi connectivity index (χ0n) is 14.2. The van der Waals surface area contributed by atoms with Gasteiger partial charge in [-0.05, 0) is 29.8 Å². The maximum atomic E-state index is 12.5. The summed E-state index contributed by atoms with van der Waals surface area (Å²) in [5, 5.41) is 2.60. The van der Waals surface area contributed by atoms with Crippen LogP contribution in [0, 0.1) is 0 Å². The fraction of sp³-hybridized carbons (Fsp3) is 0.211. The number of nitrogens with zero attached hydrogens (tertiary/aromatic N) is 1. The molecule has 27 heavy (non-hydrogen) atoms. The van der Waals surface area contributed by atoms with E-state index in [1.165, 1.54) is 23.1 Å². The third-order valence-electron chi connectivity index (χ3n) is 4.06. The lowest BCUT2D eigenvalue weighted by molar-refractivity contribution is -0.139. The molecule has 2 aromatic rings. The topological polar surface area (TPSA) is 75.7 Å². The molecule has 1 N–H and O–H groups in total. The van der Waals surface area contributed by atoms with Gasteiger partial charge in [0.25, 0.3) is 5.91 Å². The summed E-state index contributed by atoms with van der Waals surface area (Å²) in [6.45, 7) is -2.86. The van der Waals surface area contributed by atoms with Crippen molar-refractivity contribution in [2.45, 2.75) is 26.0 Å². The maximum Gasteiger partial charge on any atom is 0.387 e. The minimum absolute atomic E-state index is 0.0184. The maximum absolute atomic E-state index is 12.5. The fourth-order valence-electron chi connectivity index (χ4n) is 2.73. The molecule has 1 saturated heterocycles. The Balaban J connectivity index is 1.67. The van der Waals surface area contributed by atoms with E-state index in [4.69, 9.17) is 0 Å². The predicted octanol–water partition coefficient (Wildman–Crippen LogP) is 3.19. The standard InChI is InChI=1S/C19H16F2N2O4/c20-19(21)27-15-4-2-1-3-14(15)18(26)22-13-7-5-12(6-8-13)11-23-16(24)9-10-17(23)25/h1-8,19H,9-11H2,(H,22,26). The zero-order chi connectivity index (χ0) is 19.4. The Morgan fingerprint density at radius 1 is 1.04 bits per heavy atom. The average Bonchev–Trinajstić information content (AvgIpc) is 2.95. The number of hydrogen-bond acceptors (Lipinski definition) is 4. The second-order valence-corrected chi connectivity index (χ2v) is 5.90. The van der Waals surface area contributed by atoms with Crippen LogP contribution in [-0.2, 0) is 16.1 Å². The molecule has 0 unspecified atom stereocenters. The Bertz CT molecular complexity index is 852. The highest BCUT2D eigenvalue weighted by molar-refractivity contribution is 6.06. The summed E-state index contributed by atoms with van der Waals surface area (Å²) in [6, 6.07) is 12.3. The molecule has 0 atom stereocenters. The monoisotopic (exact) mass is 374 g/mol. The van der Waals surface area contributed by atoms with Crippen molar-refractivity contribution in [2.24, 2.45) is 0 Å².